The fraction of sp³-hybridized carbons (Fsp3) is 0.600. The standard InChI is InChI=1S/C15H24ClFN2/c1-12(2)11-19(9-8-18(3)4)15-7-5-6-14(17)13(15)10-16/h5-7,12H,8-11H2,1-4H3. The number of hydrogen-bond donors (Lipinski definition) is 0. The van der Waals surface area contributed by atoms with Gasteiger partial charge < -0.3 is 9.80 Å². The highest BCUT2D eigenvalue weighted by molar-refractivity contribution is 6.17. The zero-order valence-electron chi connectivity index (χ0n) is 12.3. The molecule has 1 rings (SSSR count). The predicted octanol–water partition coefficient (Wildman–Crippen LogP) is 3.59. The second kappa shape index (κ2) is 7.71. The third kappa shape index (κ3) is 5.00. The van der Waals surface area contributed by atoms with E-state index in [2.05, 4.69) is 23.6 Å². The lowest BCUT2D eigenvalue weighted by Crippen LogP contribution is -2.35. The number of nitrogens with zero attached hydrogens (tertiary/aromatic N) is 2. The van der Waals surface area contributed by atoms with Crippen molar-refractivity contribution in [3.8, 4) is 0 Å². The third-order valence-electron chi connectivity index (χ3n) is 2.97. The summed E-state index contributed by atoms with van der Waals surface area (Å²) < 4.78 is 13.8. The Kier molecular flexibility index (Phi) is 6.59. The molecule has 108 valence electrons. The van der Waals surface area contributed by atoms with Gasteiger partial charge in [-0.05, 0) is 32.1 Å². The third-order valence-corrected chi connectivity index (χ3v) is 3.24. The largest absolute Gasteiger partial charge is 0.370 e. The van der Waals surface area contributed by atoms with Gasteiger partial charge in [0.15, 0.2) is 0 Å². The molecule has 0 aromatic heterocycles. The van der Waals surface area contributed by atoms with Crippen molar-refractivity contribution in [2.75, 3.05) is 38.6 Å². The molecule has 0 aliphatic heterocycles. The maximum Gasteiger partial charge on any atom is 0.129 e. The van der Waals surface area contributed by atoms with Crippen LogP contribution in [0.15, 0.2) is 18.2 Å². The van der Waals surface area contributed by atoms with Gasteiger partial charge in [0, 0.05) is 30.9 Å². The van der Waals surface area contributed by atoms with Crippen LogP contribution in [0.5, 0.6) is 0 Å². The van der Waals surface area contributed by atoms with E-state index in [1.807, 2.05) is 20.2 Å². The average molecular weight is 287 g/mol. The van der Waals surface area contributed by atoms with Gasteiger partial charge in [-0.15, -0.1) is 11.6 Å². The summed E-state index contributed by atoms with van der Waals surface area (Å²) in [6, 6.07) is 5.18. The minimum absolute atomic E-state index is 0.207. The maximum absolute atomic E-state index is 13.8. The quantitative estimate of drug-likeness (QED) is 0.707. The Morgan fingerprint density at radius 2 is 1.89 bits per heavy atom. The number of alkyl halides is 1. The van der Waals surface area contributed by atoms with Gasteiger partial charge >= 0.3 is 0 Å². The Labute approximate surface area is 121 Å². The first kappa shape index (κ1) is 16.3. The lowest BCUT2D eigenvalue weighted by Gasteiger charge is -2.29. The molecule has 0 fully saturated rings. The molecule has 0 saturated heterocycles. The molecule has 0 spiro atoms. The van der Waals surface area contributed by atoms with Gasteiger partial charge in [-0.1, -0.05) is 19.9 Å². The van der Waals surface area contributed by atoms with Gasteiger partial charge in [-0.2, -0.15) is 0 Å². The molecular formula is C15H24ClFN2. The minimum atomic E-state index is -0.217. The predicted molar refractivity (Wildman–Crippen MR) is 81.6 cm³/mol. The average Bonchev–Trinajstić information content (AvgIpc) is 2.33. The van der Waals surface area contributed by atoms with E-state index in [1.165, 1.54) is 6.07 Å². The van der Waals surface area contributed by atoms with E-state index < -0.39 is 0 Å². The van der Waals surface area contributed by atoms with E-state index in [1.54, 1.807) is 6.07 Å². The van der Waals surface area contributed by atoms with Crippen molar-refractivity contribution in [1.29, 1.82) is 0 Å². The number of likely N-dealkylation sites (N-methyl/N-ethyl adjacent to an activating group) is 1. The summed E-state index contributed by atoms with van der Waals surface area (Å²) >= 11 is 5.90. The number of halogens is 2. The fourth-order valence-electron chi connectivity index (χ4n) is 2.05. The number of anilines is 1. The van der Waals surface area contributed by atoms with Crippen molar-refractivity contribution in [3.05, 3.63) is 29.6 Å². The molecule has 0 radical (unpaired) electrons. The van der Waals surface area contributed by atoms with E-state index in [4.69, 9.17) is 11.6 Å². The van der Waals surface area contributed by atoms with Gasteiger partial charge in [0.1, 0.15) is 5.82 Å². The first-order valence-electron chi connectivity index (χ1n) is 6.68. The molecule has 0 atom stereocenters. The van der Waals surface area contributed by atoms with Crippen molar-refractivity contribution in [2.45, 2.75) is 19.7 Å². The Morgan fingerprint density at radius 1 is 1.21 bits per heavy atom. The van der Waals surface area contributed by atoms with E-state index in [9.17, 15) is 4.39 Å². The summed E-state index contributed by atoms with van der Waals surface area (Å²) in [5.41, 5.74) is 1.52. The molecule has 2 nitrogen and oxygen atoms in total. The highest BCUT2D eigenvalue weighted by atomic mass is 35.5. The molecule has 0 N–H and O–H groups in total. The summed E-state index contributed by atoms with van der Waals surface area (Å²) in [6.45, 7) is 7.05. The second-order valence-electron chi connectivity index (χ2n) is 5.51. The lowest BCUT2D eigenvalue weighted by atomic mass is 10.1. The van der Waals surface area contributed by atoms with Crippen LogP contribution in [0, 0.1) is 11.7 Å². The normalized spacial score (nSPS) is 11.4. The molecule has 0 bridgehead atoms. The van der Waals surface area contributed by atoms with Crippen LogP contribution in [0.2, 0.25) is 0 Å². The molecule has 0 aliphatic rings. The highest BCUT2D eigenvalue weighted by Gasteiger charge is 2.15. The van der Waals surface area contributed by atoms with Crippen molar-refractivity contribution in [1.82, 2.24) is 4.90 Å². The molecule has 0 amide bonds. The van der Waals surface area contributed by atoms with Gasteiger partial charge in [0.25, 0.3) is 0 Å². The SMILES string of the molecule is CC(C)CN(CCN(C)C)c1cccc(F)c1CCl. The van der Waals surface area contributed by atoms with Crippen LogP contribution in [0.4, 0.5) is 10.1 Å². The molecule has 0 unspecified atom stereocenters. The highest BCUT2D eigenvalue weighted by Crippen LogP contribution is 2.25. The summed E-state index contributed by atoms with van der Waals surface area (Å²) in [5, 5.41) is 0. The van der Waals surface area contributed by atoms with Gasteiger partial charge in [-0.25, -0.2) is 4.39 Å². The Balaban J connectivity index is 2.98. The van der Waals surface area contributed by atoms with Crippen LogP contribution < -0.4 is 4.90 Å². The van der Waals surface area contributed by atoms with Crippen molar-refractivity contribution < 1.29 is 4.39 Å². The monoisotopic (exact) mass is 286 g/mol. The zero-order chi connectivity index (χ0) is 14.4. The van der Waals surface area contributed by atoms with Crippen molar-refractivity contribution >= 4 is 17.3 Å². The molecular weight excluding hydrogens is 263 g/mol. The summed E-state index contributed by atoms with van der Waals surface area (Å²) in [4.78, 5) is 4.36. The minimum Gasteiger partial charge on any atom is -0.370 e. The maximum atomic E-state index is 13.8. The Bertz CT molecular complexity index is 394. The zero-order valence-corrected chi connectivity index (χ0v) is 13.0. The van der Waals surface area contributed by atoms with Crippen LogP contribution in [0.3, 0.4) is 0 Å². The Hall–Kier alpha value is -0.800. The van der Waals surface area contributed by atoms with Gasteiger partial charge in [0.05, 0.1) is 5.88 Å². The Morgan fingerprint density at radius 3 is 2.42 bits per heavy atom. The van der Waals surface area contributed by atoms with Gasteiger partial charge in [-0.3, -0.25) is 0 Å². The first-order chi connectivity index (χ1) is 8.95. The molecule has 4 heteroatoms. The molecule has 19 heavy (non-hydrogen) atoms. The number of rotatable bonds is 7. The van der Waals surface area contributed by atoms with Crippen LogP contribution in [-0.2, 0) is 5.88 Å². The summed E-state index contributed by atoms with van der Waals surface area (Å²) in [6.07, 6.45) is 0. The van der Waals surface area contributed by atoms with Crippen molar-refractivity contribution in [3.63, 3.8) is 0 Å². The van der Waals surface area contributed by atoms with E-state index >= 15 is 0 Å². The van der Waals surface area contributed by atoms with Gasteiger partial charge in [0.2, 0.25) is 0 Å². The smallest absolute Gasteiger partial charge is 0.129 e. The van der Waals surface area contributed by atoms with Crippen LogP contribution in [-0.4, -0.2) is 38.6 Å². The topological polar surface area (TPSA) is 6.48 Å². The fourth-order valence-corrected chi connectivity index (χ4v) is 2.31. The number of hydrogen-bond acceptors (Lipinski definition) is 2. The summed E-state index contributed by atoms with van der Waals surface area (Å²) in [5.74, 6) is 0.512. The molecule has 1 aromatic rings. The molecule has 1 aromatic carbocycles. The lowest BCUT2D eigenvalue weighted by molar-refractivity contribution is 0.408. The van der Waals surface area contributed by atoms with E-state index in [0.717, 1.165) is 25.3 Å². The van der Waals surface area contributed by atoms with Crippen LogP contribution >= 0.6 is 11.6 Å². The molecule has 0 saturated carbocycles. The van der Waals surface area contributed by atoms with E-state index in [0.29, 0.717) is 11.5 Å². The molecule has 0 aliphatic carbocycles. The second-order valence-corrected chi connectivity index (χ2v) is 5.78. The first-order valence-corrected chi connectivity index (χ1v) is 7.22. The molecule has 0 heterocycles. The van der Waals surface area contributed by atoms with Crippen molar-refractivity contribution in [2.24, 2.45) is 5.92 Å². The summed E-state index contributed by atoms with van der Waals surface area (Å²) in [7, 11) is 4.09. The van der Waals surface area contributed by atoms with Crippen LogP contribution in [0.25, 0.3) is 0 Å². The van der Waals surface area contributed by atoms with Crippen LogP contribution in [0.1, 0.15) is 19.4 Å². The van der Waals surface area contributed by atoms with E-state index in [-0.39, 0.29) is 11.7 Å². The number of benzene rings is 1.